The van der Waals surface area contributed by atoms with Crippen molar-refractivity contribution >= 4 is 29.1 Å². The van der Waals surface area contributed by atoms with Gasteiger partial charge in [-0.3, -0.25) is 24.8 Å². The Morgan fingerprint density at radius 2 is 1.93 bits per heavy atom. The van der Waals surface area contributed by atoms with Gasteiger partial charge in [-0.05, 0) is 31.0 Å². The number of hydrogen-bond donors (Lipinski definition) is 1. The number of carbonyl (C=O) groups excluding carboxylic acids is 2. The zero-order valence-corrected chi connectivity index (χ0v) is 15.8. The van der Waals surface area contributed by atoms with E-state index in [1.54, 1.807) is 0 Å². The molecule has 1 N–H and O–H groups in total. The highest BCUT2D eigenvalue weighted by Gasteiger charge is 2.43. The first-order chi connectivity index (χ1) is 13.3. The fraction of sp³-hybridized carbons (Fsp3) is 0.316. The van der Waals surface area contributed by atoms with Crippen molar-refractivity contribution in [2.75, 3.05) is 17.3 Å². The van der Waals surface area contributed by atoms with Crippen molar-refractivity contribution in [1.29, 1.82) is 0 Å². The number of fused-ring (bicyclic) bond motifs is 1. The van der Waals surface area contributed by atoms with Gasteiger partial charge in [0, 0.05) is 36.6 Å². The molecule has 0 radical (unpaired) electrons. The fourth-order valence-electron chi connectivity index (χ4n) is 3.33. The van der Waals surface area contributed by atoms with Crippen molar-refractivity contribution in [2.45, 2.75) is 32.3 Å². The molecule has 1 aliphatic heterocycles. The van der Waals surface area contributed by atoms with E-state index in [4.69, 9.17) is 4.74 Å². The van der Waals surface area contributed by atoms with Crippen molar-refractivity contribution in [3.63, 3.8) is 0 Å². The summed E-state index contributed by atoms with van der Waals surface area (Å²) in [5.74, 6) is -0.495. The van der Waals surface area contributed by atoms with Crippen LogP contribution in [-0.2, 0) is 10.3 Å². The van der Waals surface area contributed by atoms with Crippen molar-refractivity contribution in [3.05, 3.63) is 57.9 Å². The van der Waals surface area contributed by atoms with Gasteiger partial charge < -0.3 is 10.1 Å². The molecule has 0 fully saturated rings. The third-order valence-corrected chi connectivity index (χ3v) is 5.05. The van der Waals surface area contributed by atoms with Crippen LogP contribution < -0.4 is 10.2 Å². The Kier molecular flexibility index (Phi) is 5.00. The molecule has 9 nitrogen and oxygen atoms in total. The van der Waals surface area contributed by atoms with Crippen molar-refractivity contribution < 1.29 is 19.2 Å². The molecule has 0 bridgehead atoms. The van der Waals surface area contributed by atoms with Gasteiger partial charge in [-0.1, -0.05) is 13.8 Å². The topological polar surface area (TPSA) is 115 Å². The molecule has 2 amide bonds. The van der Waals surface area contributed by atoms with Crippen LogP contribution in [0.3, 0.4) is 0 Å². The van der Waals surface area contributed by atoms with E-state index < -0.39 is 22.5 Å². The van der Waals surface area contributed by atoms with Crippen LogP contribution in [0, 0.1) is 10.1 Å². The smallest absolute Gasteiger partial charge is 0.414 e. The van der Waals surface area contributed by atoms with Gasteiger partial charge in [0.1, 0.15) is 11.3 Å². The predicted octanol–water partition coefficient (Wildman–Crippen LogP) is 3.84. The number of carbonyl (C=O) groups is 2. The number of amides is 2. The lowest BCUT2D eigenvalue weighted by molar-refractivity contribution is -0.383. The lowest BCUT2D eigenvalue weighted by Gasteiger charge is -2.40. The van der Waals surface area contributed by atoms with E-state index in [2.05, 4.69) is 10.3 Å². The first-order valence-electron chi connectivity index (χ1n) is 8.84. The van der Waals surface area contributed by atoms with E-state index in [9.17, 15) is 19.7 Å². The Hall–Kier alpha value is -3.49. The lowest BCUT2D eigenvalue weighted by atomic mass is 9.85. The van der Waals surface area contributed by atoms with Crippen molar-refractivity contribution in [1.82, 2.24) is 4.98 Å². The SMILES string of the molecule is CCC1(CC)OC(=O)N(C)c2cc([N+](=O)[O-])c(NC(=O)c3ccncc3)cc21. The average molecular weight is 384 g/mol. The van der Waals surface area contributed by atoms with Crippen LogP contribution in [0.2, 0.25) is 0 Å². The van der Waals surface area contributed by atoms with Crippen LogP contribution in [-0.4, -0.2) is 29.0 Å². The molecule has 0 saturated carbocycles. The third-order valence-electron chi connectivity index (χ3n) is 5.05. The molecular formula is C19H20N4O5. The van der Waals surface area contributed by atoms with Crippen LogP contribution in [0.5, 0.6) is 0 Å². The quantitative estimate of drug-likeness (QED) is 0.619. The Labute approximate surface area is 161 Å². The van der Waals surface area contributed by atoms with E-state index in [0.29, 0.717) is 29.7 Å². The summed E-state index contributed by atoms with van der Waals surface area (Å²) in [6.45, 7) is 3.75. The van der Waals surface area contributed by atoms with E-state index in [-0.39, 0.29) is 11.4 Å². The Balaban J connectivity index is 2.14. The normalized spacial score (nSPS) is 14.8. The molecule has 28 heavy (non-hydrogen) atoms. The lowest BCUT2D eigenvalue weighted by Crippen LogP contribution is -2.44. The number of pyridine rings is 1. The molecule has 0 unspecified atom stereocenters. The average Bonchev–Trinajstić information content (AvgIpc) is 2.71. The third kappa shape index (κ3) is 3.15. The second kappa shape index (κ2) is 7.26. The molecule has 0 spiro atoms. The molecule has 3 rings (SSSR count). The summed E-state index contributed by atoms with van der Waals surface area (Å²) in [5.41, 5.74) is 0.170. The monoisotopic (exact) mass is 384 g/mol. The summed E-state index contributed by atoms with van der Waals surface area (Å²) >= 11 is 0. The molecule has 0 saturated heterocycles. The summed E-state index contributed by atoms with van der Waals surface area (Å²) in [5, 5.41) is 14.2. The summed E-state index contributed by atoms with van der Waals surface area (Å²) in [6.07, 6.45) is 3.34. The number of rotatable bonds is 5. The number of nitrogens with zero attached hydrogens (tertiary/aromatic N) is 3. The summed E-state index contributed by atoms with van der Waals surface area (Å²) in [7, 11) is 1.50. The van der Waals surface area contributed by atoms with E-state index in [1.807, 2.05) is 13.8 Å². The van der Waals surface area contributed by atoms with Crippen LogP contribution in [0.1, 0.15) is 42.6 Å². The standard InChI is InChI=1S/C19H20N4O5/c1-4-19(5-2)13-10-14(21-17(24)12-6-8-20-9-7-12)16(23(26)27)11-15(13)22(3)18(25)28-19/h6-11H,4-5H2,1-3H3,(H,21,24). The van der Waals surface area contributed by atoms with Crippen LogP contribution in [0.25, 0.3) is 0 Å². The number of anilines is 2. The minimum absolute atomic E-state index is 0.0446. The molecule has 0 atom stereocenters. The summed E-state index contributed by atoms with van der Waals surface area (Å²) in [4.78, 5) is 40.9. The second-order valence-corrected chi connectivity index (χ2v) is 6.46. The highest BCUT2D eigenvalue weighted by Crippen LogP contribution is 2.46. The first-order valence-corrected chi connectivity index (χ1v) is 8.84. The summed E-state index contributed by atoms with van der Waals surface area (Å²) in [6, 6.07) is 5.86. The van der Waals surface area contributed by atoms with Crippen LogP contribution >= 0.6 is 0 Å². The molecule has 2 aromatic rings. The van der Waals surface area contributed by atoms with Gasteiger partial charge in [0.25, 0.3) is 11.6 Å². The number of ether oxygens (including phenoxy) is 1. The minimum atomic E-state index is -0.913. The van der Waals surface area contributed by atoms with Gasteiger partial charge in [-0.15, -0.1) is 0 Å². The van der Waals surface area contributed by atoms with Gasteiger partial charge in [-0.25, -0.2) is 4.79 Å². The molecule has 1 aromatic heterocycles. The maximum Gasteiger partial charge on any atom is 0.414 e. The van der Waals surface area contributed by atoms with Crippen LogP contribution in [0.15, 0.2) is 36.7 Å². The first kappa shape index (κ1) is 19.3. The molecule has 2 heterocycles. The molecule has 9 heteroatoms. The van der Waals surface area contributed by atoms with Crippen molar-refractivity contribution in [3.8, 4) is 0 Å². The summed E-state index contributed by atoms with van der Waals surface area (Å²) < 4.78 is 5.65. The van der Waals surface area contributed by atoms with Gasteiger partial charge in [0.15, 0.2) is 0 Å². The van der Waals surface area contributed by atoms with Gasteiger partial charge >= 0.3 is 6.09 Å². The minimum Gasteiger partial charge on any atom is -0.438 e. The van der Waals surface area contributed by atoms with Crippen molar-refractivity contribution in [2.24, 2.45) is 0 Å². The Morgan fingerprint density at radius 1 is 1.29 bits per heavy atom. The number of nitro benzene ring substituents is 1. The highest BCUT2D eigenvalue weighted by molar-refractivity contribution is 6.06. The maximum atomic E-state index is 12.5. The van der Waals surface area contributed by atoms with Gasteiger partial charge in [-0.2, -0.15) is 0 Å². The van der Waals surface area contributed by atoms with E-state index in [0.717, 1.165) is 0 Å². The largest absolute Gasteiger partial charge is 0.438 e. The Morgan fingerprint density at radius 3 is 2.50 bits per heavy atom. The zero-order chi connectivity index (χ0) is 20.5. The molecular weight excluding hydrogens is 364 g/mol. The number of hydrogen-bond acceptors (Lipinski definition) is 6. The second-order valence-electron chi connectivity index (χ2n) is 6.46. The number of benzene rings is 1. The van der Waals surface area contributed by atoms with E-state index >= 15 is 0 Å². The predicted molar refractivity (Wildman–Crippen MR) is 102 cm³/mol. The molecule has 1 aromatic carbocycles. The highest BCUT2D eigenvalue weighted by atomic mass is 16.6. The number of nitro groups is 1. The van der Waals surface area contributed by atoms with Crippen LogP contribution in [0.4, 0.5) is 21.9 Å². The van der Waals surface area contributed by atoms with Gasteiger partial charge in [0.05, 0.1) is 10.6 Å². The molecule has 0 aliphatic carbocycles. The van der Waals surface area contributed by atoms with E-state index in [1.165, 1.54) is 48.6 Å². The van der Waals surface area contributed by atoms with Gasteiger partial charge in [0.2, 0.25) is 0 Å². The fourth-order valence-corrected chi connectivity index (χ4v) is 3.33. The number of aromatic nitrogens is 1. The molecule has 1 aliphatic rings. The molecule has 146 valence electrons. The number of cyclic esters (lactones) is 1. The maximum absolute atomic E-state index is 12.5. The Bertz CT molecular complexity index is 941. The number of nitrogens with one attached hydrogen (secondary N) is 1. The zero-order valence-electron chi connectivity index (χ0n) is 15.8.